The van der Waals surface area contributed by atoms with Crippen molar-refractivity contribution in [1.29, 1.82) is 5.26 Å². The van der Waals surface area contributed by atoms with E-state index in [4.69, 9.17) is 0 Å². The molecule has 0 saturated carbocycles. The number of hydrogen-bond donors (Lipinski definition) is 1. The first-order valence-corrected chi connectivity index (χ1v) is 9.19. The number of aryl methyl sites for hydroxylation is 1. The van der Waals surface area contributed by atoms with Gasteiger partial charge in [0.05, 0.1) is 5.56 Å². The molecule has 0 bridgehead atoms. The number of H-pyrrole nitrogens is 1. The van der Waals surface area contributed by atoms with E-state index in [0.29, 0.717) is 0 Å². The normalized spacial score (nSPS) is 15.1. The second-order valence-electron chi connectivity index (χ2n) is 6.11. The van der Waals surface area contributed by atoms with Crippen LogP contribution >= 0.6 is 11.3 Å². The Morgan fingerprint density at radius 2 is 2.12 bits per heavy atom. The second-order valence-corrected chi connectivity index (χ2v) is 7.20. The Hall–Kier alpha value is -2.45. The molecular formula is C19H18N4S. The number of aromatic amines is 1. The quantitative estimate of drug-likeness (QED) is 0.677. The predicted octanol–water partition coefficient (Wildman–Crippen LogP) is 4.91. The van der Waals surface area contributed by atoms with Crippen molar-refractivity contribution in [1.82, 2.24) is 9.97 Å². The Bertz CT molecular complexity index is 942. The molecule has 0 amide bonds. The molecule has 0 aromatic carbocycles. The van der Waals surface area contributed by atoms with E-state index in [-0.39, 0.29) is 0 Å². The summed E-state index contributed by atoms with van der Waals surface area (Å²) in [5.74, 6) is 0. The lowest BCUT2D eigenvalue weighted by molar-refractivity contribution is 0.622. The summed E-state index contributed by atoms with van der Waals surface area (Å²) in [7, 11) is 0. The van der Waals surface area contributed by atoms with Gasteiger partial charge in [0.25, 0.3) is 0 Å². The third-order valence-corrected chi connectivity index (χ3v) is 5.77. The standard InChI is InChI=1S/C19H18N4S/c20-10-16-15-6-3-1-2-4-8-17(15)24-19(16)23-12-13-11-22-18-14(13)7-5-9-21-18/h5,7,9,11-12H,1-4,6,8H2,(H,21,22). The summed E-state index contributed by atoms with van der Waals surface area (Å²) in [6, 6.07) is 6.34. The summed E-state index contributed by atoms with van der Waals surface area (Å²) in [6.45, 7) is 0. The van der Waals surface area contributed by atoms with E-state index < -0.39 is 0 Å². The third kappa shape index (κ3) is 2.74. The maximum absolute atomic E-state index is 9.62. The molecule has 3 heterocycles. The number of pyridine rings is 1. The lowest BCUT2D eigenvalue weighted by Crippen LogP contribution is -1.97. The highest BCUT2D eigenvalue weighted by Gasteiger charge is 2.18. The first kappa shape index (κ1) is 15.1. The molecular weight excluding hydrogens is 316 g/mol. The van der Waals surface area contributed by atoms with E-state index in [0.717, 1.165) is 40.0 Å². The summed E-state index contributed by atoms with van der Waals surface area (Å²) in [6.07, 6.45) is 12.6. The zero-order valence-electron chi connectivity index (χ0n) is 13.4. The lowest BCUT2D eigenvalue weighted by atomic mass is 9.97. The van der Waals surface area contributed by atoms with Crippen LogP contribution in [-0.4, -0.2) is 16.2 Å². The Labute approximate surface area is 144 Å². The molecule has 1 aliphatic rings. The average molecular weight is 334 g/mol. The largest absolute Gasteiger partial charge is 0.345 e. The number of hydrogen-bond acceptors (Lipinski definition) is 4. The van der Waals surface area contributed by atoms with Gasteiger partial charge in [-0.25, -0.2) is 9.98 Å². The molecule has 24 heavy (non-hydrogen) atoms. The van der Waals surface area contributed by atoms with Gasteiger partial charge >= 0.3 is 0 Å². The number of aliphatic imine (C=N–C) groups is 1. The molecule has 0 saturated heterocycles. The number of rotatable bonds is 2. The van der Waals surface area contributed by atoms with Crippen LogP contribution in [0.25, 0.3) is 11.0 Å². The van der Waals surface area contributed by atoms with E-state index in [1.165, 1.54) is 36.1 Å². The van der Waals surface area contributed by atoms with E-state index in [1.54, 1.807) is 17.5 Å². The molecule has 1 aliphatic carbocycles. The number of aromatic nitrogens is 2. The zero-order chi connectivity index (χ0) is 16.4. The van der Waals surface area contributed by atoms with Crippen molar-refractivity contribution in [3.8, 4) is 6.07 Å². The van der Waals surface area contributed by atoms with Crippen molar-refractivity contribution in [2.75, 3.05) is 0 Å². The van der Waals surface area contributed by atoms with Crippen LogP contribution in [0, 0.1) is 11.3 Å². The van der Waals surface area contributed by atoms with Gasteiger partial charge in [-0.05, 0) is 43.4 Å². The van der Waals surface area contributed by atoms with E-state index in [9.17, 15) is 5.26 Å². The molecule has 3 aromatic heterocycles. The molecule has 0 unspecified atom stereocenters. The van der Waals surface area contributed by atoms with Gasteiger partial charge in [0.2, 0.25) is 0 Å². The maximum atomic E-state index is 9.62. The third-order valence-electron chi connectivity index (χ3n) is 4.57. The van der Waals surface area contributed by atoms with Crippen LogP contribution in [0.15, 0.2) is 29.5 Å². The van der Waals surface area contributed by atoms with Gasteiger partial charge in [0.15, 0.2) is 0 Å². The highest BCUT2D eigenvalue weighted by atomic mass is 32.1. The molecule has 0 aliphatic heterocycles. The molecule has 5 heteroatoms. The van der Waals surface area contributed by atoms with Crippen molar-refractivity contribution in [2.45, 2.75) is 38.5 Å². The minimum Gasteiger partial charge on any atom is -0.345 e. The van der Waals surface area contributed by atoms with Gasteiger partial charge in [0, 0.05) is 34.4 Å². The fourth-order valence-corrected chi connectivity index (χ4v) is 4.51. The van der Waals surface area contributed by atoms with Crippen LogP contribution in [0.3, 0.4) is 0 Å². The highest BCUT2D eigenvalue weighted by Crippen LogP contribution is 2.38. The van der Waals surface area contributed by atoms with Crippen LogP contribution < -0.4 is 0 Å². The van der Waals surface area contributed by atoms with E-state index in [1.807, 2.05) is 24.5 Å². The number of fused-ring (bicyclic) bond motifs is 2. The summed E-state index contributed by atoms with van der Waals surface area (Å²) >= 11 is 1.69. The molecule has 0 radical (unpaired) electrons. The number of nitrogens with one attached hydrogen (secondary N) is 1. The Balaban J connectivity index is 1.71. The highest BCUT2D eigenvalue weighted by molar-refractivity contribution is 7.16. The Kier molecular flexibility index (Phi) is 4.14. The second kappa shape index (κ2) is 6.58. The van der Waals surface area contributed by atoms with Gasteiger partial charge < -0.3 is 4.98 Å². The topological polar surface area (TPSA) is 64.8 Å². The number of nitriles is 1. The molecule has 0 spiro atoms. The Morgan fingerprint density at radius 3 is 3.00 bits per heavy atom. The van der Waals surface area contributed by atoms with Crippen molar-refractivity contribution < 1.29 is 0 Å². The van der Waals surface area contributed by atoms with Gasteiger partial charge in [-0.2, -0.15) is 5.26 Å². The summed E-state index contributed by atoms with van der Waals surface area (Å²) < 4.78 is 0. The summed E-state index contributed by atoms with van der Waals surface area (Å²) in [5, 5.41) is 11.5. The van der Waals surface area contributed by atoms with Crippen LogP contribution in [0.1, 0.15) is 47.3 Å². The van der Waals surface area contributed by atoms with Crippen molar-refractivity contribution in [3.05, 3.63) is 46.1 Å². The molecule has 4 nitrogen and oxygen atoms in total. The minimum absolute atomic E-state index is 0.783. The van der Waals surface area contributed by atoms with Crippen LogP contribution in [-0.2, 0) is 12.8 Å². The summed E-state index contributed by atoms with van der Waals surface area (Å²) in [4.78, 5) is 13.5. The van der Waals surface area contributed by atoms with Gasteiger partial charge in [-0.3, -0.25) is 0 Å². The monoisotopic (exact) mass is 334 g/mol. The van der Waals surface area contributed by atoms with Crippen molar-refractivity contribution in [2.24, 2.45) is 4.99 Å². The van der Waals surface area contributed by atoms with E-state index in [2.05, 4.69) is 21.0 Å². The number of nitrogens with zero attached hydrogens (tertiary/aromatic N) is 3. The zero-order valence-corrected chi connectivity index (χ0v) is 14.2. The van der Waals surface area contributed by atoms with Crippen LogP contribution in [0.2, 0.25) is 0 Å². The molecule has 3 aromatic rings. The molecule has 4 rings (SSSR count). The fraction of sp³-hybridized carbons (Fsp3) is 0.316. The molecule has 0 fully saturated rings. The smallest absolute Gasteiger partial charge is 0.137 e. The van der Waals surface area contributed by atoms with Gasteiger partial charge in [-0.15, -0.1) is 11.3 Å². The molecule has 0 atom stereocenters. The molecule has 1 N–H and O–H groups in total. The van der Waals surface area contributed by atoms with Crippen LogP contribution in [0.5, 0.6) is 0 Å². The number of thiophene rings is 1. The fourth-order valence-electron chi connectivity index (χ4n) is 3.32. The van der Waals surface area contributed by atoms with Crippen molar-refractivity contribution in [3.63, 3.8) is 0 Å². The van der Waals surface area contributed by atoms with Crippen LogP contribution in [0.4, 0.5) is 5.00 Å². The average Bonchev–Trinajstić information content (AvgIpc) is 3.14. The first-order valence-electron chi connectivity index (χ1n) is 8.37. The Morgan fingerprint density at radius 1 is 1.25 bits per heavy atom. The predicted molar refractivity (Wildman–Crippen MR) is 98.3 cm³/mol. The van der Waals surface area contributed by atoms with Gasteiger partial charge in [0.1, 0.15) is 16.7 Å². The minimum atomic E-state index is 0.783. The first-order chi connectivity index (χ1) is 11.9. The van der Waals surface area contributed by atoms with E-state index >= 15 is 0 Å². The lowest BCUT2D eigenvalue weighted by Gasteiger charge is -2.08. The SMILES string of the molecule is N#Cc1c(N=Cc2c[nH]c3ncccc23)sc2c1CCCCCC2. The maximum Gasteiger partial charge on any atom is 0.137 e. The summed E-state index contributed by atoms with van der Waals surface area (Å²) in [5.41, 5.74) is 3.89. The van der Waals surface area contributed by atoms with Gasteiger partial charge in [-0.1, -0.05) is 12.8 Å². The van der Waals surface area contributed by atoms with Crippen molar-refractivity contribution >= 4 is 33.6 Å². The molecule has 120 valence electrons.